The Labute approximate surface area is 184 Å². The number of nitrogens with one attached hydrogen (secondary N) is 2. The summed E-state index contributed by atoms with van der Waals surface area (Å²) in [5, 5.41) is 27.9. The van der Waals surface area contributed by atoms with Gasteiger partial charge in [-0.25, -0.2) is 0 Å². The first-order chi connectivity index (χ1) is 15.7. The number of benzene rings is 1. The van der Waals surface area contributed by atoms with Gasteiger partial charge in [0.05, 0.1) is 29.7 Å². The maximum absolute atomic E-state index is 12.8. The van der Waals surface area contributed by atoms with Crippen LogP contribution in [0.4, 0.5) is 5.69 Å². The van der Waals surface area contributed by atoms with E-state index >= 15 is 0 Å². The Morgan fingerprint density at radius 1 is 1.09 bits per heavy atom. The van der Waals surface area contributed by atoms with Crippen LogP contribution in [-0.4, -0.2) is 60.5 Å². The third kappa shape index (κ3) is 4.34. The average Bonchev–Trinajstić information content (AvgIpc) is 3.25. The first-order valence-corrected chi connectivity index (χ1v) is 10.6. The van der Waals surface area contributed by atoms with Crippen LogP contribution in [0.5, 0.6) is 0 Å². The number of likely N-dealkylation sites (tertiary alicyclic amines) is 1. The van der Waals surface area contributed by atoms with Gasteiger partial charge in [-0.05, 0) is 48.2 Å². The number of aromatic amines is 1. The highest BCUT2D eigenvalue weighted by Crippen LogP contribution is 2.26. The van der Waals surface area contributed by atoms with Crippen LogP contribution in [0.1, 0.15) is 28.9 Å². The molecule has 0 atom stereocenters. The Morgan fingerprint density at radius 2 is 1.97 bits per heavy atom. The molecule has 0 spiro atoms. The van der Waals surface area contributed by atoms with Crippen LogP contribution in [-0.2, 0) is 6.54 Å². The van der Waals surface area contributed by atoms with Crippen LogP contribution in [0.2, 0.25) is 0 Å². The van der Waals surface area contributed by atoms with Crippen LogP contribution >= 0.6 is 0 Å². The van der Waals surface area contributed by atoms with Gasteiger partial charge < -0.3 is 10.4 Å². The van der Waals surface area contributed by atoms with Crippen LogP contribution < -0.4 is 5.32 Å². The number of aliphatic hydroxyl groups is 1. The number of hydrogen-bond acceptors (Lipinski definition) is 7. The van der Waals surface area contributed by atoms with E-state index in [1.54, 1.807) is 6.07 Å². The summed E-state index contributed by atoms with van der Waals surface area (Å²) in [5.41, 5.74) is 4.71. The molecule has 0 bridgehead atoms. The maximum atomic E-state index is 12.8. The fraction of sp³-hybridized carbons (Fsp3) is 0.261. The zero-order valence-electron chi connectivity index (χ0n) is 17.4. The summed E-state index contributed by atoms with van der Waals surface area (Å²) in [7, 11) is 0. The summed E-state index contributed by atoms with van der Waals surface area (Å²) in [6, 6.07) is 9.66. The van der Waals surface area contributed by atoms with Crippen LogP contribution in [0.3, 0.4) is 0 Å². The van der Waals surface area contributed by atoms with E-state index in [1.165, 1.54) is 12.4 Å². The lowest BCUT2D eigenvalue weighted by Crippen LogP contribution is -2.35. The Hall–Kier alpha value is -3.69. The van der Waals surface area contributed by atoms with Crippen molar-refractivity contribution in [2.75, 3.05) is 18.4 Å². The highest BCUT2D eigenvalue weighted by molar-refractivity contribution is 6.11. The number of H-pyrrole nitrogens is 1. The van der Waals surface area contributed by atoms with Gasteiger partial charge in [-0.15, -0.1) is 0 Å². The second-order valence-electron chi connectivity index (χ2n) is 8.01. The SMILES string of the molecule is O=C(Nc1ccnnc1)c1n[nH]c2ccc(-c3cncc(CN4CCC(O)CC4)c3)cc12. The first-order valence-electron chi connectivity index (χ1n) is 10.6. The van der Waals surface area contributed by atoms with Gasteiger partial charge in [0.1, 0.15) is 0 Å². The number of carbonyl (C=O) groups excluding carboxylic acids is 1. The standard InChI is InChI=1S/C23H23N7O2/c31-19-4-7-30(8-5-19)14-15-9-17(12-24-11-15)16-1-2-21-20(10-16)22(29-28-21)23(32)27-18-3-6-25-26-13-18/h1-3,6,9-13,19,31H,4-5,7-8,14H2,(H,28,29)(H,25,27,32). The number of amides is 1. The Kier molecular flexibility index (Phi) is 5.57. The van der Waals surface area contributed by atoms with Crippen molar-refractivity contribution in [1.29, 1.82) is 0 Å². The Morgan fingerprint density at radius 3 is 2.78 bits per heavy atom. The summed E-state index contributed by atoms with van der Waals surface area (Å²) in [6.45, 7) is 2.57. The molecule has 3 N–H and O–H groups in total. The Bertz CT molecular complexity index is 1230. The number of fused-ring (bicyclic) bond motifs is 1. The molecular formula is C23H23N7O2. The predicted molar refractivity (Wildman–Crippen MR) is 120 cm³/mol. The molecule has 1 aliphatic heterocycles. The quantitative estimate of drug-likeness (QED) is 0.446. The van der Waals surface area contributed by atoms with E-state index < -0.39 is 0 Å². The molecule has 1 amide bonds. The molecule has 9 nitrogen and oxygen atoms in total. The number of carbonyl (C=O) groups is 1. The number of nitrogens with zero attached hydrogens (tertiary/aromatic N) is 5. The topological polar surface area (TPSA) is 120 Å². The minimum atomic E-state index is -0.319. The van der Waals surface area contributed by atoms with Gasteiger partial charge in [-0.2, -0.15) is 15.3 Å². The summed E-state index contributed by atoms with van der Waals surface area (Å²) in [5.74, 6) is -0.319. The van der Waals surface area contributed by atoms with E-state index in [0.29, 0.717) is 11.4 Å². The largest absolute Gasteiger partial charge is 0.393 e. The van der Waals surface area contributed by atoms with Gasteiger partial charge in [-0.3, -0.25) is 19.8 Å². The fourth-order valence-corrected chi connectivity index (χ4v) is 3.99. The van der Waals surface area contributed by atoms with Crippen molar-refractivity contribution in [3.63, 3.8) is 0 Å². The van der Waals surface area contributed by atoms with Gasteiger partial charge >= 0.3 is 0 Å². The molecule has 1 fully saturated rings. The molecule has 32 heavy (non-hydrogen) atoms. The molecule has 0 unspecified atom stereocenters. The molecule has 0 saturated carbocycles. The molecule has 5 rings (SSSR count). The summed E-state index contributed by atoms with van der Waals surface area (Å²) in [4.78, 5) is 19.5. The molecule has 1 saturated heterocycles. The van der Waals surface area contributed by atoms with Crippen LogP contribution in [0.15, 0.2) is 55.1 Å². The number of piperidine rings is 1. The lowest BCUT2D eigenvalue weighted by atomic mass is 10.0. The van der Waals surface area contributed by atoms with Gasteiger partial charge in [0.15, 0.2) is 5.69 Å². The molecule has 4 heterocycles. The smallest absolute Gasteiger partial charge is 0.276 e. The predicted octanol–water partition coefficient (Wildman–Crippen LogP) is 2.62. The zero-order valence-corrected chi connectivity index (χ0v) is 17.4. The molecule has 3 aromatic heterocycles. The number of aliphatic hydroxyl groups excluding tert-OH is 1. The zero-order chi connectivity index (χ0) is 21.9. The summed E-state index contributed by atoms with van der Waals surface area (Å²) >= 11 is 0. The minimum absolute atomic E-state index is 0.182. The number of anilines is 1. The lowest BCUT2D eigenvalue weighted by molar-refractivity contribution is 0.0792. The Balaban J connectivity index is 1.39. The van der Waals surface area contributed by atoms with Crippen molar-refractivity contribution in [2.24, 2.45) is 0 Å². The van der Waals surface area contributed by atoms with E-state index in [1.807, 2.05) is 30.6 Å². The van der Waals surface area contributed by atoms with Crippen molar-refractivity contribution in [2.45, 2.75) is 25.5 Å². The van der Waals surface area contributed by atoms with Gasteiger partial charge in [0, 0.05) is 43.0 Å². The monoisotopic (exact) mass is 429 g/mol. The van der Waals surface area contributed by atoms with Crippen LogP contribution in [0, 0.1) is 0 Å². The van der Waals surface area contributed by atoms with Crippen LogP contribution in [0.25, 0.3) is 22.0 Å². The molecular weight excluding hydrogens is 406 g/mol. The van der Waals surface area contributed by atoms with E-state index in [2.05, 4.69) is 41.7 Å². The number of hydrogen-bond donors (Lipinski definition) is 3. The average molecular weight is 429 g/mol. The molecule has 1 aliphatic rings. The molecule has 0 radical (unpaired) electrons. The van der Waals surface area contributed by atoms with E-state index in [9.17, 15) is 9.90 Å². The van der Waals surface area contributed by atoms with Gasteiger partial charge in [0.25, 0.3) is 5.91 Å². The molecule has 1 aromatic carbocycles. The summed E-state index contributed by atoms with van der Waals surface area (Å²) < 4.78 is 0. The highest BCUT2D eigenvalue weighted by atomic mass is 16.3. The molecule has 162 valence electrons. The lowest BCUT2D eigenvalue weighted by Gasteiger charge is -2.29. The highest BCUT2D eigenvalue weighted by Gasteiger charge is 2.18. The van der Waals surface area contributed by atoms with E-state index in [4.69, 9.17) is 0 Å². The number of aromatic nitrogens is 5. The van der Waals surface area contributed by atoms with Gasteiger partial charge in [0.2, 0.25) is 0 Å². The second kappa shape index (κ2) is 8.81. The van der Waals surface area contributed by atoms with Crippen molar-refractivity contribution >= 4 is 22.5 Å². The number of rotatable bonds is 5. The molecule has 4 aromatic rings. The van der Waals surface area contributed by atoms with E-state index in [0.717, 1.165) is 60.1 Å². The summed E-state index contributed by atoms with van der Waals surface area (Å²) in [6.07, 6.45) is 8.15. The molecule has 0 aliphatic carbocycles. The third-order valence-corrected chi connectivity index (χ3v) is 5.71. The number of pyridine rings is 1. The minimum Gasteiger partial charge on any atom is -0.393 e. The second-order valence-corrected chi connectivity index (χ2v) is 8.01. The third-order valence-electron chi connectivity index (χ3n) is 5.71. The maximum Gasteiger partial charge on any atom is 0.276 e. The molecule has 9 heteroatoms. The normalized spacial score (nSPS) is 15.2. The van der Waals surface area contributed by atoms with Crippen molar-refractivity contribution < 1.29 is 9.90 Å². The van der Waals surface area contributed by atoms with Crippen molar-refractivity contribution in [3.8, 4) is 11.1 Å². The van der Waals surface area contributed by atoms with Crippen molar-refractivity contribution in [3.05, 3.63) is 66.4 Å². The van der Waals surface area contributed by atoms with Crippen molar-refractivity contribution in [1.82, 2.24) is 30.3 Å². The first kappa shape index (κ1) is 20.2. The van der Waals surface area contributed by atoms with E-state index in [-0.39, 0.29) is 12.0 Å². The van der Waals surface area contributed by atoms with Gasteiger partial charge in [-0.1, -0.05) is 6.07 Å². The fourth-order valence-electron chi connectivity index (χ4n) is 3.99.